The number of anilines is 3. The Morgan fingerprint density at radius 1 is 1.02 bits per heavy atom. The number of carbonyl (C=O) groups is 1. The molecule has 1 aliphatic heterocycles. The first-order valence-electron chi connectivity index (χ1n) is 13.9. The van der Waals surface area contributed by atoms with E-state index in [4.69, 9.17) is 9.72 Å². The van der Waals surface area contributed by atoms with Crippen molar-refractivity contribution in [3.8, 4) is 0 Å². The zero-order chi connectivity index (χ0) is 28.6. The molecular formula is C32H37N7O2. The van der Waals surface area contributed by atoms with Gasteiger partial charge < -0.3 is 24.8 Å². The highest BCUT2D eigenvalue weighted by molar-refractivity contribution is 6.09. The van der Waals surface area contributed by atoms with Gasteiger partial charge in [0, 0.05) is 45.3 Å². The number of benzene rings is 2. The van der Waals surface area contributed by atoms with Gasteiger partial charge in [-0.05, 0) is 55.4 Å². The van der Waals surface area contributed by atoms with Crippen LogP contribution in [-0.2, 0) is 17.9 Å². The van der Waals surface area contributed by atoms with Gasteiger partial charge in [-0.25, -0.2) is 4.98 Å². The summed E-state index contributed by atoms with van der Waals surface area (Å²) >= 11 is 0. The van der Waals surface area contributed by atoms with E-state index in [0.29, 0.717) is 43.6 Å². The molecule has 0 radical (unpaired) electrons. The average molecular weight is 552 g/mol. The summed E-state index contributed by atoms with van der Waals surface area (Å²) in [4.78, 5) is 33.3. The van der Waals surface area contributed by atoms with E-state index < -0.39 is 0 Å². The molecule has 9 heteroatoms. The number of hydrogen-bond acceptors (Lipinski definition) is 8. The minimum absolute atomic E-state index is 0.0187. The molecule has 41 heavy (non-hydrogen) atoms. The fourth-order valence-electron chi connectivity index (χ4n) is 4.94. The van der Waals surface area contributed by atoms with E-state index in [1.165, 1.54) is 0 Å². The fourth-order valence-corrected chi connectivity index (χ4v) is 4.94. The Bertz CT molecular complexity index is 1430. The third-order valence-corrected chi connectivity index (χ3v) is 7.22. The predicted molar refractivity (Wildman–Crippen MR) is 162 cm³/mol. The standard InChI is InChI=1S/C32H37N7O2/c1-33-17-15-29(25-11-5-4-6-12-25)41-23-24-10-9-14-27(20-24)39-19-18-37(2)30-28(31(39)40)21-35-32(36-30)38(3)22-26-13-7-8-16-34-26/h4-14,16,20-21,29,33H,15,17-19,22-23H2,1-3H3/t29-/m1/s1. The molecule has 1 N–H and O–H groups in total. The summed E-state index contributed by atoms with van der Waals surface area (Å²) < 4.78 is 6.38. The van der Waals surface area contributed by atoms with Crippen molar-refractivity contribution in [3.05, 3.63) is 108 Å². The summed E-state index contributed by atoms with van der Waals surface area (Å²) in [5, 5.41) is 3.22. The van der Waals surface area contributed by atoms with Crippen LogP contribution in [0.3, 0.4) is 0 Å². The minimum Gasteiger partial charge on any atom is -0.369 e. The lowest BCUT2D eigenvalue weighted by molar-refractivity contribution is 0.0344. The number of nitrogens with one attached hydrogen (secondary N) is 1. The molecule has 0 fully saturated rings. The van der Waals surface area contributed by atoms with Gasteiger partial charge in [0.25, 0.3) is 5.91 Å². The van der Waals surface area contributed by atoms with E-state index in [9.17, 15) is 4.79 Å². The van der Waals surface area contributed by atoms with Gasteiger partial charge in [0.1, 0.15) is 11.4 Å². The lowest BCUT2D eigenvalue weighted by atomic mass is 10.1. The molecule has 0 aliphatic carbocycles. The van der Waals surface area contributed by atoms with E-state index in [1.54, 1.807) is 12.4 Å². The summed E-state index contributed by atoms with van der Waals surface area (Å²) in [6, 6.07) is 24.1. The van der Waals surface area contributed by atoms with Gasteiger partial charge in [0.05, 0.1) is 24.9 Å². The Hall–Kier alpha value is -4.34. The first-order valence-corrected chi connectivity index (χ1v) is 13.9. The lowest BCUT2D eigenvalue weighted by Gasteiger charge is -2.22. The second-order valence-electron chi connectivity index (χ2n) is 10.2. The van der Waals surface area contributed by atoms with Crippen LogP contribution in [0.2, 0.25) is 0 Å². The number of carbonyl (C=O) groups excluding carboxylic acids is 1. The van der Waals surface area contributed by atoms with Crippen LogP contribution in [0.1, 0.15) is 39.7 Å². The Morgan fingerprint density at radius 3 is 2.63 bits per heavy atom. The van der Waals surface area contributed by atoms with E-state index in [1.807, 2.05) is 96.5 Å². The first kappa shape index (κ1) is 28.2. The Balaban J connectivity index is 1.32. The van der Waals surface area contributed by atoms with Gasteiger partial charge in [-0.3, -0.25) is 9.78 Å². The highest BCUT2D eigenvalue weighted by Gasteiger charge is 2.28. The van der Waals surface area contributed by atoms with Crippen LogP contribution in [0.4, 0.5) is 17.5 Å². The number of likely N-dealkylation sites (N-methyl/N-ethyl adjacent to an activating group) is 1. The van der Waals surface area contributed by atoms with Crippen LogP contribution in [0.15, 0.2) is 85.2 Å². The van der Waals surface area contributed by atoms with Crippen molar-refractivity contribution < 1.29 is 9.53 Å². The third kappa shape index (κ3) is 6.87. The van der Waals surface area contributed by atoms with E-state index in [-0.39, 0.29) is 12.0 Å². The predicted octanol–water partition coefficient (Wildman–Crippen LogP) is 4.47. The highest BCUT2D eigenvalue weighted by atomic mass is 16.5. The van der Waals surface area contributed by atoms with Gasteiger partial charge in [0.2, 0.25) is 5.95 Å². The Morgan fingerprint density at radius 2 is 1.85 bits per heavy atom. The molecule has 1 atom stereocenters. The van der Waals surface area contributed by atoms with Crippen molar-refractivity contribution in [1.29, 1.82) is 0 Å². The molecule has 0 unspecified atom stereocenters. The van der Waals surface area contributed by atoms with Crippen molar-refractivity contribution in [3.63, 3.8) is 0 Å². The van der Waals surface area contributed by atoms with Crippen molar-refractivity contribution in [2.75, 3.05) is 55.5 Å². The molecule has 9 nitrogen and oxygen atoms in total. The summed E-state index contributed by atoms with van der Waals surface area (Å²) in [7, 11) is 5.84. The molecule has 0 bridgehead atoms. The molecule has 0 saturated heterocycles. The molecular weight excluding hydrogens is 514 g/mol. The second kappa shape index (κ2) is 13.3. The van der Waals surface area contributed by atoms with Crippen LogP contribution < -0.4 is 20.0 Å². The number of pyridine rings is 1. The molecule has 3 heterocycles. The first-order chi connectivity index (χ1) is 20.0. The van der Waals surface area contributed by atoms with Crippen molar-refractivity contribution in [2.45, 2.75) is 25.7 Å². The van der Waals surface area contributed by atoms with E-state index in [2.05, 4.69) is 27.4 Å². The maximum atomic E-state index is 13.8. The van der Waals surface area contributed by atoms with Gasteiger partial charge in [-0.15, -0.1) is 0 Å². The molecule has 2 aromatic carbocycles. The topological polar surface area (TPSA) is 86.7 Å². The van der Waals surface area contributed by atoms with Crippen LogP contribution >= 0.6 is 0 Å². The zero-order valence-corrected chi connectivity index (χ0v) is 23.9. The minimum atomic E-state index is -0.113. The van der Waals surface area contributed by atoms with Crippen LogP contribution in [0, 0.1) is 0 Å². The molecule has 1 aliphatic rings. The smallest absolute Gasteiger partial charge is 0.263 e. The molecule has 2 aromatic heterocycles. The van der Waals surface area contributed by atoms with Crippen LogP contribution in [0.25, 0.3) is 0 Å². The highest BCUT2D eigenvalue weighted by Crippen LogP contribution is 2.29. The van der Waals surface area contributed by atoms with Crippen LogP contribution in [-0.4, -0.2) is 61.6 Å². The number of hydrogen-bond donors (Lipinski definition) is 1. The van der Waals surface area contributed by atoms with Crippen molar-refractivity contribution in [2.24, 2.45) is 0 Å². The van der Waals surface area contributed by atoms with Gasteiger partial charge in [-0.2, -0.15) is 4.98 Å². The molecule has 212 valence electrons. The number of fused-ring (bicyclic) bond motifs is 1. The molecule has 1 amide bonds. The number of amides is 1. The Labute approximate surface area is 241 Å². The molecule has 4 aromatic rings. The lowest BCUT2D eigenvalue weighted by Crippen LogP contribution is -2.33. The van der Waals surface area contributed by atoms with Gasteiger partial charge >= 0.3 is 0 Å². The third-order valence-electron chi connectivity index (χ3n) is 7.22. The zero-order valence-electron chi connectivity index (χ0n) is 23.9. The normalized spacial score (nSPS) is 14.0. The Kier molecular flexibility index (Phi) is 9.18. The van der Waals surface area contributed by atoms with Crippen molar-refractivity contribution >= 4 is 23.4 Å². The maximum Gasteiger partial charge on any atom is 0.263 e. The number of rotatable bonds is 11. The second-order valence-corrected chi connectivity index (χ2v) is 10.2. The van der Waals surface area contributed by atoms with E-state index >= 15 is 0 Å². The summed E-state index contributed by atoms with van der Waals surface area (Å²) in [5.41, 5.74) is 4.41. The van der Waals surface area contributed by atoms with Gasteiger partial charge in [0.15, 0.2) is 0 Å². The number of aromatic nitrogens is 3. The summed E-state index contributed by atoms with van der Waals surface area (Å²) in [6.45, 7) is 3.05. The summed E-state index contributed by atoms with van der Waals surface area (Å²) in [5.74, 6) is 1.07. The quantitative estimate of drug-likeness (QED) is 0.292. The maximum absolute atomic E-state index is 13.8. The van der Waals surface area contributed by atoms with Crippen molar-refractivity contribution in [1.82, 2.24) is 20.3 Å². The van der Waals surface area contributed by atoms with Crippen LogP contribution in [0.5, 0.6) is 0 Å². The number of nitrogens with zero attached hydrogens (tertiary/aromatic N) is 6. The number of ether oxygens (including phenoxy) is 1. The molecule has 0 saturated carbocycles. The SMILES string of the molecule is CNCC[C@@H](OCc1cccc(N2CCN(C)c3nc(N(C)Cc4ccccn4)ncc3C2=O)c1)c1ccccc1. The fraction of sp³-hybridized carbons (Fsp3) is 0.312. The average Bonchev–Trinajstić information content (AvgIpc) is 3.13. The van der Waals surface area contributed by atoms with E-state index in [0.717, 1.165) is 35.5 Å². The molecule has 0 spiro atoms. The van der Waals surface area contributed by atoms with Gasteiger partial charge in [-0.1, -0.05) is 48.5 Å². The largest absolute Gasteiger partial charge is 0.369 e. The monoisotopic (exact) mass is 551 g/mol. The summed E-state index contributed by atoms with van der Waals surface area (Å²) in [6.07, 6.45) is 4.26. The molecule has 5 rings (SSSR count).